The van der Waals surface area contributed by atoms with Crippen molar-refractivity contribution >= 4 is 39.1 Å². The van der Waals surface area contributed by atoms with Gasteiger partial charge >= 0.3 is 0 Å². The molecular weight excluding hydrogens is 428 g/mol. The van der Waals surface area contributed by atoms with Gasteiger partial charge in [0.2, 0.25) is 0 Å². The largest absolute Gasteiger partial charge is 0.322 e. The highest BCUT2D eigenvalue weighted by Gasteiger charge is 2.21. The monoisotopic (exact) mass is 452 g/mol. The average Bonchev–Trinajstić information content (AvgIpc) is 2.78. The van der Waals surface area contributed by atoms with Gasteiger partial charge in [0.05, 0.1) is 10.6 Å². The van der Waals surface area contributed by atoms with Gasteiger partial charge in [-0.1, -0.05) is 12.1 Å². The van der Waals surface area contributed by atoms with Crippen molar-refractivity contribution in [1.82, 2.24) is 0 Å². The predicted octanol–water partition coefficient (Wildman–Crippen LogP) is 5.11. The second-order valence-electron chi connectivity index (χ2n) is 7.56. The number of amides is 1. The van der Waals surface area contributed by atoms with E-state index in [-0.39, 0.29) is 10.8 Å². The highest BCUT2D eigenvalue weighted by atomic mass is 32.2. The number of nitrogens with zero attached hydrogens (tertiary/aromatic N) is 1. The Kier molecular flexibility index (Phi) is 6.07. The lowest BCUT2D eigenvalue weighted by Crippen LogP contribution is -2.26. The quantitative estimate of drug-likeness (QED) is 0.584. The Morgan fingerprint density at radius 3 is 2.55 bits per heavy atom. The number of anilines is 2. The third kappa shape index (κ3) is 4.62. The van der Waals surface area contributed by atoms with E-state index in [0.717, 1.165) is 24.2 Å². The second-order valence-corrected chi connectivity index (χ2v) is 10.7. The van der Waals surface area contributed by atoms with Crippen molar-refractivity contribution in [2.45, 2.75) is 29.6 Å². The molecule has 1 amide bonds. The van der Waals surface area contributed by atoms with Gasteiger partial charge in [0.25, 0.3) is 15.9 Å². The van der Waals surface area contributed by atoms with Crippen LogP contribution in [0.25, 0.3) is 0 Å². The highest BCUT2D eigenvalue weighted by molar-refractivity contribution is 7.99. The van der Waals surface area contributed by atoms with Crippen LogP contribution in [0.1, 0.15) is 27.9 Å². The fraction of sp³-hybridized carbons (Fsp3) is 0.208. The van der Waals surface area contributed by atoms with Crippen LogP contribution in [0.2, 0.25) is 0 Å². The molecular formula is C24H24N2O3S2. The van der Waals surface area contributed by atoms with Crippen LogP contribution in [0, 0.1) is 6.92 Å². The number of fused-ring (bicyclic) bond motifs is 1. The summed E-state index contributed by atoms with van der Waals surface area (Å²) in [6, 6.07) is 19.4. The number of hydrogen-bond donors (Lipinski definition) is 1. The smallest absolute Gasteiger partial charge is 0.264 e. The van der Waals surface area contributed by atoms with Crippen molar-refractivity contribution in [1.29, 1.82) is 0 Å². The number of benzene rings is 3. The first kappa shape index (κ1) is 21.5. The number of sulfonamides is 1. The Morgan fingerprint density at radius 2 is 1.81 bits per heavy atom. The third-order valence-electron chi connectivity index (χ3n) is 5.31. The molecule has 0 fully saturated rings. The summed E-state index contributed by atoms with van der Waals surface area (Å²) >= 11 is 1.83. The molecule has 31 heavy (non-hydrogen) atoms. The molecule has 3 aromatic carbocycles. The topological polar surface area (TPSA) is 66.5 Å². The minimum Gasteiger partial charge on any atom is -0.322 e. The zero-order valence-electron chi connectivity index (χ0n) is 17.5. The first-order chi connectivity index (χ1) is 14.8. The van der Waals surface area contributed by atoms with Gasteiger partial charge in [0.1, 0.15) is 0 Å². The summed E-state index contributed by atoms with van der Waals surface area (Å²) in [6.45, 7) is 1.92. The minimum atomic E-state index is -3.70. The molecule has 7 heteroatoms. The van der Waals surface area contributed by atoms with E-state index in [0.29, 0.717) is 16.9 Å². The molecule has 0 atom stereocenters. The molecule has 3 aromatic rings. The summed E-state index contributed by atoms with van der Waals surface area (Å²) < 4.78 is 27.2. The Hall–Kier alpha value is -2.77. The van der Waals surface area contributed by atoms with Crippen LogP contribution in [0.15, 0.2) is 76.5 Å². The molecule has 1 N–H and O–H groups in total. The first-order valence-electron chi connectivity index (χ1n) is 10.1. The normalized spacial score (nSPS) is 13.4. The second kappa shape index (κ2) is 8.77. The van der Waals surface area contributed by atoms with Crippen LogP contribution in [-0.2, 0) is 16.4 Å². The van der Waals surface area contributed by atoms with E-state index in [1.807, 2.05) is 55.1 Å². The minimum absolute atomic E-state index is 0.167. The molecule has 0 saturated heterocycles. The van der Waals surface area contributed by atoms with E-state index < -0.39 is 10.0 Å². The van der Waals surface area contributed by atoms with Gasteiger partial charge in [-0.2, -0.15) is 0 Å². The van der Waals surface area contributed by atoms with Crippen LogP contribution in [0.3, 0.4) is 0 Å². The predicted molar refractivity (Wildman–Crippen MR) is 127 cm³/mol. The van der Waals surface area contributed by atoms with Gasteiger partial charge in [0, 0.05) is 23.2 Å². The number of nitrogens with one attached hydrogen (secondary N) is 1. The van der Waals surface area contributed by atoms with E-state index >= 15 is 0 Å². The number of aryl methyl sites for hydroxylation is 2. The fourth-order valence-corrected chi connectivity index (χ4v) is 5.74. The average molecular weight is 453 g/mol. The number of hydrogen-bond acceptors (Lipinski definition) is 4. The van der Waals surface area contributed by atoms with Crippen molar-refractivity contribution in [3.63, 3.8) is 0 Å². The van der Waals surface area contributed by atoms with Gasteiger partial charge in [-0.05, 0) is 91.2 Å². The lowest BCUT2D eigenvalue weighted by Gasteiger charge is -2.20. The summed E-state index contributed by atoms with van der Waals surface area (Å²) in [5, 5.41) is 2.86. The van der Waals surface area contributed by atoms with Gasteiger partial charge in [-0.15, -0.1) is 11.8 Å². The molecule has 0 saturated carbocycles. The van der Waals surface area contributed by atoms with E-state index in [1.165, 1.54) is 33.9 Å². The van der Waals surface area contributed by atoms with E-state index in [2.05, 4.69) is 5.32 Å². The van der Waals surface area contributed by atoms with Crippen molar-refractivity contribution < 1.29 is 13.2 Å². The number of carbonyl (C=O) groups is 1. The summed E-state index contributed by atoms with van der Waals surface area (Å²) in [5.74, 6) is 0.915. The van der Waals surface area contributed by atoms with Crippen LogP contribution >= 0.6 is 11.8 Å². The van der Waals surface area contributed by atoms with Crippen molar-refractivity contribution in [2.24, 2.45) is 0 Å². The Morgan fingerprint density at radius 1 is 1.03 bits per heavy atom. The van der Waals surface area contributed by atoms with Gasteiger partial charge in [0.15, 0.2) is 0 Å². The standard InChI is InChI=1S/C24H24N2O3S2/c1-17-5-3-7-21(15-17)26(2)31(28,29)22-11-9-20(10-12-22)25-24(27)19-8-13-23-18(16-19)6-4-14-30-23/h3,5,7-13,15-16H,4,6,14H2,1-2H3,(H,25,27). The molecule has 1 aliphatic heterocycles. The number of rotatable bonds is 5. The van der Waals surface area contributed by atoms with E-state index in [9.17, 15) is 13.2 Å². The fourth-order valence-electron chi connectivity index (χ4n) is 3.54. The molecule has 5 nitrogen and oxygen atoms in total. The lowest BCUT2D eigenvalue weighted by molar-refractivity contribution is 0.102. The van der Waals surface area contributed by atoms with Gasteiger partial charge in [-0.25, -0.2) is 8.42 Å². The summed E-state index contributed by atoms with van der Waals surface area (Å²) in [7, 11) is -2.16. The molecule has 4 rings (SSSR count). The van der Waals surface area contributed by atoms with Crippen LogP contribution in [-0.4, -0.2) is 27.1 Å². The summed E-state index contributed by atoms with van der Waals surface area (Å²) in [4.78, 5) is 14.1. The molecule has 0 unspecified atom stereocenters. The van der Waals surface area contributed by atoms with Gasteiger partial charge in [-0.3, -0.25) is 9.10 Å². The van der Waals surface area contributed by atoms with Crippen molar-refractivity contribution in [2.75, 3.05) is 22.4 Å². The Bertz CT molecular complexity index is 1220. The molecule has 0 bridgehead atoms. The SMILES string of the molecule is Cc1cccc(N(C)S(=O)(=O)c2ccc(NC(=O)c3ccc4c(c3)CCCS4)cc2)c1. The van der Waals surface area contributed by atoms with Crippen molar-refractivity contribution in [3.8, 4) is 0 Å². The zero-order chi connectivity index (χ0) is 22.0. The van der Waals surface area contributed by atoms with E-state index in [1.54, 1.807) is 18.2 Å². The third-order valence-corrected chi connectivity index (χ3v) is 8.31. The highest BCUT2D eigenvalue weighted by Crippen LogP contribution is 2.31. The Balaban J connectivity index is 1.49. The first-order valence-corrected chi connectivity index (χ1v) is 12.5. The number of thioether (sulfide) groups is 1. The molecule has 0 radical (unpaired) electrons. The molecule has 0 aliphatic carbocycles. The molecule has 1 heterocycles. The van der Waals surface area contributed by atoms with Crippen LogP contribution < -0.4 is 9.62 Å². The van der Waals surface area contributed by atoms with E-state index in [4.69, 9.17) is 0 Å². The molecule has 1 aliphatic rings. The maximum atomic E-state index is 13.0. The maximum absolute atomic E-state index is 13.0. The maximum Gasteiger partial charge on any atom is 0.264 e. The Labute approximate surface area is 187 Å². The number of carbonyl (C=O) groups excluding carboxylic acids is 1. The molecule has 160 valence electrons. The summed E-state index contributed by atoms with van der Waals surface area (Å²) in [5.41, 5.74) is 3.96. The van der Waals surface area contributed by atoms with Gasteiger partial charge < -0.3 is 5.32 Å². The molecule has 0 spiro atoms. The molecule has 0 aromatic heterocycles. The zero-order valence-corrected chi connectivity index (χ0v) is 19.1. The lowest BCUT2D eigenvalue weighted by atomic mass is 10.1. The van der Waals surface area contributed by atoms with Crippen molar-refractivity contribution in [3.05, 3.63) is 83.4 Å². The van der Waals surface area contributed by atoms with Crippen LogP contribution in [0.4, 0.5) is 11.4 Å². The van der Waals surface area contributed by atoms with Crippen LogP contribution in [0.5, 0.6) is 0 Å². The summed E-state index contributed by atoms with van der Waals surface area (Å²) in [6.07, 6.45) is 2.11.